The molecule has 3 aromatic heterocycles. The number of aromatic amines is 1. The summed E-state index contributed by atoms with van der Waals surface area (Å²) in [7, 11) is 0. The lowest BCUT2D eigenvalue weighted by molar-refractivity contribution is 0.0322. The van der Waals surface area contributed by atoms with Gasteiger partial charge in [0.05, 0.1) is 16.4 Å². The topological polar surface area (TPSA) is 88.7 Å². The Balaban J connectivity index is 0.963. The van der Waals surface area contributed by atoms with Crippen molar-refractivity contribution in [2.75, 3.05) is 18.8 Å². The molecule has 0 bridgehead atoms. The molecule has 7 rings (SSSR count). The third kappa shape index (κ3) is 5.45. The number of H-pyrrole nitrogens is 1. The highest BCUT2D eigenvalue weighted by Gasteiger charge is 2.39. The van der Waals surface area contributed by atoms with E-state index in [0.29, 0.717) is 11.9 Å². The number of hydrogen-bond donors (Lipinski definition) is 2. The molecule has 4 aromatic rings. The van der Waals surface area contributed by atoms with Crippen LogP contribution in [0.1, 0.15) is 96.5 Å². The van der Waals surface area contributed by atoms with Crippen LogP contribution in [0.4, 0.5) is 5.82 Å². The van der Waals surface area contributed by atoms with E-state index >= 15 is 0 Å². The molecule has 224 valence electrons. The molecular weight excluding hydrogens is 518 g/mol. The van der Waals surface area contributed by atoms with Crippen molar-refractivity contribution in [3.8, 4) is 0 Å². The average Bonchev–Trinajstić information content (AvgIpc) is 3.61. The molecule has 3 unspecified atom stereocenters. The van der Waals surface area contributed by atoms with Gasteiger partial charge in [-0.3, -0.25) is 4.90 Å². The number of benzene rings is 1. The number of nitrogens with zero attached hydrogens (tertiary/aromatic N) is 5. The standard InChI is InChI=1S/C35H49N7/c1-22-14-28(42-13-12-29-33(36)37-21-38-34(29)42)17-25(22)20-41(19-23-6-5-7-23)27-15-24(16-27)8-11-32-39-30-10-9-26(35(2,3)4)18-31(30)40-32/h9-10,12-13,18,21-25,27-28H,5-8,11,14-17,19-20H2,1-4H3,(H,39,40)(H2,36,37,38). The Labute approximate surface area is 250 Å². The lowest BCUT2D eigenvalue weighted by Gasteiger charge is -2.46. The van der Waals surface area contributed by atoms with Gasteiger partial charge in [-0.15, -0.1) is 0 Å². The van der Waals surface area contributed by atoms with Gasteiger partial charge in [0.2, 0.25) is 0 Å². The van der Waals surface area contributed by atoms with Gasteiger partial charge in [-0.1, -0.05) is 40.2 Å². The number of rotatable bonds is 9. The molecule has 3 heterocycles. The fourth-order valence-corrected chi connectivity index (χ4v) is 7.97. The van der Waals surface area contributed by atoms with Crippen LogP contribution >= 0.6 is 0 Å². The number of hydrogen-bond acceptors (Lipinski definition) is 5. The Morgan fingerprint density at radius 2 is 1.86 bits per heavy atom. The molecule has 3 fully saturated rings. The van der Waals surface area contributed by atoms with Gasteiger partial charge in [0.15, 0.2) is 0 Å². The zero-order valence-electron chi connectivity index (χ0n) is 26.0. The zero-order chi connectivity index (χ0) is 29.0. The highest BCUT2D eigenvalue weighted by molar-refractivity contribution is 5.86. The van der Waals surface area contributed by atoms with Gasteiger partial charge in [-0.2, -0.15) is 0 Å². The Hall–Kier alpha value is -2.93. The number of anilines is 1. The second-order valence-electron chi connectivity index (χ2n) is 15.0. The van der Waals surface area contributed by atoms with Crippen LogP contribution in [0, 0.1) is 23.7 Å². The smallest absolute Gasteiger partial charge is 0.145 e. The third-order valence-corrected chi connectivity index (χ3v) is 11.1. The van der Waals surface area contributed by atoms with Gasteiger partial charge >= 0.3 is 0 Å². The largest absolute Gasteiger partial charge is 0.383 e. The summed E-state index contributed by atoms with van der Waals surface area (Å²) in [6.07, 6.45) is 15.5. The van der Waals surface area contributed by atoms with E-state index in [1.54, 1.807) is 6.33 Å². The van der Waals surface area contributed by atoms with Gasteiger partial charge in [-0.25, -0.2) is 15.0 Å². The third-order valence-electron chi connectivity index (χ3n) is 11.1. The molecule has 7 heteroatoms. The lowest BCUT2D eigenvalue weighted by Crippen LogP contribution is -2.49. The highest BCUT2D eigenvalue weighted by atomic mass is 15.2. The first-order valence-electron chi connectivity index (χ1n) is 16.5. The SMILES string of the molecule is CC1CC(n2ccc3c(N)ncnc32)CC1CN(CC1CCC1)C1CC(CCc2nc3ccc(C(C)(C)C)cc3[nH]2)C1. The van der Waals surface area contributed by atoms with Crippen LogP contribution in [0.5, 0.6) is 0 Å². The first kappa shape index (κ1) is 27.9. The zero-order valence-corrected chi connectivity index (χ0v) is 26.0. The van der Waals surface area contributed by atoms with Crippen molar-refractivity contribution >= 4 is 27.9 Å². The quantitative estimate of drug-likeness (QED) is 0.222. The summed E-state index contributed by atoms with van der Waals surface area (Å²) in [5.74, 6) is 4.93. The van der Waals surface area contributed by atoms with Crippen molar-refractivity contribution in [2.24, 2.45) is 23.7 Å². The van der Waals surface area contributed by atoms with E-state index in [1.807, 2.05) is 0 Å². The summed E-state index contributed by atoms with van der Waals surface area (Å²) >= 11 is 0. The highest BCUT2D eigenvalue weighted by Crippen LogP contribution is 2.44. The number of imidazole rings is 1. The fraction of sp³-hybridized carbons (Fsp3) is 0.629. The minimum atomic E-state index is 0.156. The maximum absolute atomic E-state index is 6.14. The van der Waals surface area contributed by atoms with E-state index in [1.165, 1.54) is 75.5 Å². The first-order valence-corrected chi connectivity index (χ1v) is 16.5. The first-order chi connectivity index (χ1) is 20.2. The maximum atomic E-state index is 6.14. The molecule has 3 N–H and O–H groups in total. The van der Waals surface area contributed by atoms with Gasteiger partial charge in [0.25, 0.3) is 0 Å². The fourth-order valence-electron chi connectivity index (χ4n) is 7.97. The minimum absolute atomic E-state index is 0.156. The van der Waals surface area contributed by atoms with Crippen LogP contribution in [0.25, 0.3) is 22.1 Å². The molecule has 42 heavy (non-hydrogen) atoms. The Morgan fingerprint density at radius 1 is 1.02 bits per heavy atom. The normalized spacial score (nSPS) is 26.7. The second-order valence-corrected chi connectivity index (χ2v) is 15.0. The Kier molecular flexibility index (Phi) is 7.28. The average molecular weight is 568 g/mol. The van der Waals surface area contributed by atoms with E-state index in [-0.39, 0.29) is 5.41 Å². The van der Waals surface area contributed by atoms with Crippen molar-refractivity contribution in [3.05, 3.63) is 48.2 Å². The van der Waals surface area contributed by atoms with Crippen molar-refractivity contribution < 1.29 is 0 Å². The molecule has 3 aliphatic carbocycles. The predicted molar refractivity (Wildman–Crippen MR) is 171 cm³/mol. The van der Waals surface area contributed by atoms with Crippen LogP contribution in [-0.4, -0.2) is 48.5 Å². The molecule has 3 aliphatic rings. The van der Waals surface area contributed by atoms with Gasteiger partial charge in [0.1, 0.15) is 23.6 Å². The van der Waals surface area contributed by atoms with Crippen LogP contribution < -0.4 is 5.73 Å². The number of fused-ring (bicyclic) bond motifs is 2. The minimum Gasteiger partial charge on any atom is -0.383 e. The van der Waals surface area contributed by atoms with E-state index < -0.39 is 0 Å². The Bertz CT molecular complexity index is 1530. The summed E-state index contributed by atoms with van der Waals surface area (Å²) in [6.45, 7) is 11.8. The van der Waals surface area contributed by atoms with E-state index in [2.05, 4.69) is 82.6 Å². The van der Waals surface area contributed by atoms with Crippen molar-refractivity contribution in [2.45, 2.75) is 103 Å². The van der Waals surface area contributed by atoms with Crippen molar-refractivity contribution in [3.63, 3.8) is 0 Å². The number of nitrogens with two attached hydrogens (primary N) is 1. The molecule has 0 saturated heterocycles. The van der Waals surface area contributed by atoms with Gasteiger partial charge < -0.3 is 15.3 Å². The number of aromatic nitrogens is 5. The van der Waals surface area contributed by atoms with Crippen LogP contribution in [-0.2, 0) is 11.8 Å². The van der Waals surface area contributed by atoms with Crippen LogP contribution in [0.3, 0.4) is 0 Å². The van der Waals surface area contributed by atoms with Crippen LogP contribution in [0.2, 0.25) is 0 Å². The van der Waals surface area contributed by atoms with Gasteiger partial charge in [0, 0.05) is 37.8 Å². The second kappa shape index (κ2) is 11.0. The molecule has 0 radical (unpaired) electrons. The monoisotopic (exact) mass is 567 g/mol. The summed E-state index contributed by atoms with van der Waals surface area (Å²) in [5, 5.41) is 0.984. The summed E-state index contributed by atoms with van der Waals surface area (Å²) < 4.78 is 2.38. The molecular formula is C35H49N7. The number of nitrogens with one attached hydrogen (secondary N) is 1. The number of aryl methyl sites for hydroxylation is 1. The molecule has 1 aromatic carbocycles. The predicted octanol–water partition coefficient (Wildman–Crippen LogP) is 7.29. The van der Waals surface area contributed by atoms with Crippen LogP contribution in [0.15, 0.2) is 36.8 Å². The summed E-state index contributed by atoms with van der Waals surface area (Å²) in [5.41, 5.74) is 10.9. The molecule has 0 spiro atoms. The molecule has 0 aliphatic heterocycles. The molecule has 0 amide bonds. The summed E-state index contributed by atoms with van der Waals surface area (Å²) in [4.78, 5) is 20.3. The van der Waals surface area contributed by atoms with Crippen molar-refractivity contribution in [1.29, 1.82) is 0 Å². The van der Waals surface area contributed by atoms with E-state index in [4.69, 9.17) is 10.7 Å². The number of nitrogen functional groups attached to an aromatic ring is 1. The summed E-state index contributed by atoms with van der Waals surface area (Å²) in [6, 6.07) is 10.1. The lowest BCUT2D eigenvalue weighted by atomic mass is 9.75. The molecule has 3 saturated carbocycles. The Morgan fingerprint density at radius 3 is 2.62 bits per heavy atom. The molecule has 3 atom stereocenters. The maximum Gasteiger partial charge on any atom is 0.145 e. The van der Waals surface area contributed by atoms with E-state index in [9.17, 15) is 0 Å². The van der Waals surface area contributed by atoms with E-state index in [0.717, 1.165) is 58.5 Å². The van der Waals surface area contributed by atoms with Crippen molar-refractivity contribution in [1.82, 2.24) is 29.4 Å². The van der Waals surface area contributed by atoms with Gasteiger partial charge in [-0.05, 0) is 97.8 Å². The molecule has 7 nitrogen and oxygen atoms in total.